The molecule has 0 spiro atoms. The molecule has 0 radical (unpaired) electrons. The summed E-state index contributed by atoms with van der Waals surface area (Å²) in [5.41, 5.74) is 1.26. The van der Waals surface area contributed by atoms with Crippen LogP contribution in [0, 0.1) is 6.92 Å². The van der Waals surface area contributed by atoms with Gasteiger partial charge in [0.1, 0.15) is 12.4 Å². The molecule has 28 heavy (non-hydrogen) atoms. The van der Waals surface area contributed by atoms with Crippen LogP contribution in [0.3, 0.4) is 0 Å². The fourth-order valence-electron chi connectivity index (χ4n) is 2.93. The van der Waals surface area contributed by atoms with E-state index in [0.717, 1.165) is 11.3 Å². The van der Waals surface area contributed by atoms with Crippen LogP contribution in [0.25, 0.3) is 10.8 Å². The number of benzene rings is 2. The summed E-state index contributed by atoms with van der Waals surface area (Å²) in [6, 6.07) is 14.7. The Bertz CT molecular complexity index is 1040. The van der Waals surface area contributed by atoms with Crippen molar-refractivity contribution in [3.63, 3.8) is 0 Å². The highest BCUT2D eigenvalue weighted by molar-refractivity contribution is 6.04. The number of fused-ring (bicyclic) bond motifs is 1. The summed E-state index contributed by atoms with van der Waals surface area (Å²) in [7, 11) is 1.71. The quantitative estimate of drug-likeness (QED) is 0.658. The summed E-state index contributed by atoms with van der Waals surface area (Å²) in [5.74, 6) is 0.529. The first kappa shape index (κ1) is 19.6. The monoisotopic (exact) mass is 379 g/mol. The third-order valence-corrected chi connectivity index (χ3v) is 4.58. The third-order valence-electron chi connectivity index (χ3n) is 4.58. The Kier molecular flexibility index (Phi) is 5.78. The van der Waals surface area contributed by atoms with E-state index in [1.165, 1.54) is 4.68 Å². The molecule has 146 valence electrons. The largest absolute Gasteiger partial charge is 0.492 e. The van der Waals surface area contributed by atoms with Crippen LogP contribution in [0.1, 0.15) is 35.9 Å². The maximum Gasteiger partial charge on any atom is 0.274 e. The number of likely N-dealkylation sites (N-methyl/N-ethyl adjacent to an activating group) is 1. The Morgan fingerprint density at radius 3 is 2.39 bits per heavy atom. The van der Waals surface area contributed by atoms with Gasteiger partial charge < -0.3 is 9.64 Å². The molecular weight excluding hydrogens is 354 g/mol. The number of ether oxygens (including phenoxy) is 1. The second kappa shape index (κ2) is 8.25. The molecule has 1 aromatic heterocycles. The molecule has 3 aromatic rings. The van der Waals surface area contributed by atoms with E-state index in [1.807, 2.05) is 45.0 Å². The lowest BCUT2D eigenvalue weighted by molar-refractivity contribution is 0.0767. The van der Waals surface area contributed by atoms with E-state index < -0.39 is 0 Å². The molecule has 0 aliphatic heterocycles. The molecule has 0 N–H and O–H groups in total. The highest BCUT2D eigenvalue weighted by atomic mass is 16.5. The molecule has 0 saturated carbocycles. The van der Waals surface area contributed by atoms with Gasteiger partial charge >= 0.3 is 0 Å². The van der Waals surface area contributed by atoms with Crippen molar-refractivity contribution < 1.29 is 9.53 Å². The van der Waals surface area contributed by atoms with Gasteiger partial charge in [0, 0.05) is 12.4 Å². The van der Waals surface area contributed by atoms with Gasteiger partial charge in [0.15, 0.2) is 5.69 Å². The molecular formula is C22H25N3O3. The van der Waals surface area contributed by atoms with E-state index >= 15 is 0 Å². The van der Waals surface area contributed by atoms with Crippen LogP contribution < -0.4 is 10.3 Å². The number of amides is 1. The van der Waals surface area contributed by atoms with Gasteiger partial charge in [-0.1, -0.05) is 35.9 Å². The van der Waals surface area contributed by atoms with Gasteiger partial charge in [0.05, 0.1) is 18.0 Å². The average Bonchev–Trinajstić information content (AvgIpc) is 2.69. The zero-order valence-electron chi connectivity index (χ0n) is 16.7. The Balaban J connectivity index is 1.81. The van der Waals surface area contributed by atoms with Crippen LogP contribution in [-0.4, -0.2) is 40.8 Å². The number of carbonyl (C=O) groups is 1. The first-order chi connectivity index (χ1) is 13.4. The lowest BCUT2D eigenvalue weighted by Gasteiger charge is -2.19. The molecule has 0 aliphatic carbocycles. The van der Waals surface area contributed by atoms with E-state index in [1.54, 1.807) is 36.2 Å². The zero-order valence-corrected chi connectivity index (χ0v) is 16.7. The van der Waals surface area contributed by atoms with E-state index in [0.29, 0.717) is 23.9 Å². The van der Waals surface area contributed by atoms with E-state index in [9.17, 15) is 9.59 Å². The minimum Gasteiger partial charge on any atom is -0.492 e. The van der Waals surface area contributed by atoms with Crippen LogP contribution >= 0.6 is 0 Å². The predicted molar refractivity (Wildman–Crippen MR) is 110 cm³/mol. The van der Waals surface area contributed by atoms with Crippen LogP contribution in [0.15, 0.2) is 53.3 Å². The molecule has 2 aromatic carbocycles. The summed E-state index contributed by atoms with van der Waals surface area (Å²) in [6.07, 6.45) is 0. The van der Waals surface area contributed by atoms with Crippen molar-refractivity contribution in [1.29, 1.82) is 0 Å². The fraction of sp³-hybridized carbons (Fsp3) is 0.318. The molecule has 0 saturated heterocycles. The standard InChI is InChI=1S/C22H25N3O3/c1-15(2)25-21(26)19-8-6-5-7-18(19)20(23-25)22(27)24(4)13-14-28-17-11-9-16(3)10-12-17/h5-12,15H,13-14H2,1-4H3. The van der Waals surface area contributed by atoms with Crippen LogP contribution in [0.5, 0.6) is 5.75 Å². The maximum atomic E-state index is 13.0. The summed E-state index contributed by atoms with van der Waals surface area (Å²) in [6.45, 7) is 6.54. The number of aromatic nitrogens is 2. The zero-order chi connectivity index (χ0) is 20.3. The highest BCUT2D eigenvalue weighted by Gasteiger charge is 2.20. The first-order valence-electron chi connectivity index (χ1n) is 9.35. The van der Waals surface area contributed by atoms with E-state index in [2.05, 4.69) is 5.10 Å². The third kappa shape index (κ3) is 4.06. The molecule has 1 amide bonds. The number of carbonyl (C=O) groups excluding carboxylic acids is 1. The fourth-order valence-corrected chi connectivity index (χ4v) is 2.93. The molecule has 0 fully saturated rings. The number of rotatable bonds is 6. The maximum absolute atomic E-state index is 13.0. The topological polar surface area (TPSA) is 64.4 Å². The van der Waals surface area contributed by atoms with Crippen molar-refractivity contribution >= 4 is 16.7 Å². The minimum atomic E-state index is -0.238. The summed E-state index contributed by atoms with van der Waals surface area (Å²) >= 11 is 0. The van der Waals surface area contributed by atoms with Crippen molar-refractivity contribution in [3.05, 3.63) is 70.1 Å². The van der Waals surface area contributed by atoms with Crippen LogP contribution in [-0.2, 0) is 0 Å². The summed E-state index contributed by atoms with van der Waals surface area (Å²) in [5, 5.41) is 5.44. The molecule has 0 aliphatic rings. The van der Waals surface area contributed by atoms with Gasteiger partial charge in [-0.15, -0.1) is 0 Å². The van der Waals surface area contributed by atoms with Gasteiger partial charge in [-0.25, -0.2) is 4.68 Å². The van der Waals surface area contributed by atoms with Gasteiger partial charge in [-0.3, -0.25) is 9.59 Å². The number of hydrogen-bond acceptors (Lipinski definition) is 4. The molecule has 1 heterocycles. The summed E-state index contributed by atoms with van der Waals surface area (Å²) in [4.78, 5) is 27.2. The lowest BCUT2D eigenvalue weighted by atomic mass is 10.1. The lowest BCUT2D eigenvalue weighted by Crippen LogP contribution is -2.34. The second-order valence-electron chi connectivity index (χ2n) is 7.13. The Morgan fingerprint density at radius 2 is 1.75 bits per heavy atom. The average molecular weight is 379 g/mol. The first-order valence-corrected chi connectivity index (χ1v) is 9.35. The minimum absolute atomic E-state index is 0.140. The number of aryl methyl sites for hydroxylation is 1. The predicted octanol–water partition coefficient (Wildman–Crippen LogP) is 3.44. The smallest absolute Gasteiger partial charge is 0.274 e. The summed E-state index contributed by atoms with van der Waals surface area (Å²) < 4.78 is 7.08. The van der Waals surface area contributed by atoms with Crippen molar-refractivity contribution in [2.45, 2.75) is 26.8 Å². The van der Waals surface area contributed by atoms with Crippen molar-refractivity contribution in [2.24, 2.45) is 0 Å². The van der Waals surface area contributed by atoms with Crippen molar-refractivity contribution in [1.82, 2.24) is 14.7 Å². The van der Waals surface area contributed by atoms with Gasteiger partial charge in [-0.05, 0) is 39.0 Å². The van der Waals surface area contributed by atoms with Crippen LogP contribution in [0.4, 0.5) is 0 Å². The van der Waals surface area contributed by atoms with Crippen molar-refractivity contribution in [3.8, 4) is 5.75 Å². The van der Waals surface area contributed by atoms with E-state index in [-0.39, 0.29) is 23.2 Å². The molecule has 3 rings (SSSR count). The molecule has 0 bridgehead atoms. The number of nitrogens with zero attached hydrogens (tertiary/aromatic N) is 3. The highest BCUT2D eigenvalue weighted by Crippen LogP contribution is 2.16. The SMILES string of the molecule is Cc1ccc(OCCN(C)C(=O)c2nn(C(C)C)c(=O)c3ccccc23)cc1. The van der Waals surface area contributed by atoms with E-state index in [4.69, 9.17) is 4.74 Å². The van der Waals surface area contributed by atoms with Gasteiger partial charge in [0.25, 0.3) is 11.5 Å². The second-order valence-corrected chi connectivity index (χ2v) is 7.13. The number of hydrogen-bond donors (Lipinski definition) is 0. The Hall–Kier alpha value is -3.15. The molecule has 0 atom stereocenters. The molecule has 0 unspecified atom stereocenters. The Morgan fingerprint density at radius 1 is 1.11 bits per heavy atom. The van der Waals surface area contributed by atoms with Crippen LogP contribution in [0.2, 0.25) is 0 Å². The normalized spacial score (nSPS) is 11.0. The molecule has 6 heteroatoms. The Labute approximate surface area is 164 Å². The van der Waals surface area contributed by atoms with Gasteiger partial charge in [0.2, 0.25) is 0 Å². The molecule has 6 nitrogen and oxygen atoms in total. The van der Waals surface area contributed by atoms with Gasteiger partial charge in [-0.2, -0.15) is 5.10 Å². The van der Waals surface area contributed by atoms with Crippen molar-refractivity contribution in [2.75, 3.05) is 20.2 Å².